The van der Waals surface area contributed by atoms with Crippen molar-refractivity contribution in [2.75, 3.05) is 19.6 Å². The van der Waals surface area contributed by atoms with Crippen LogP contribution in [0.3, 0.4) is 0 Å². The maximum absolute atomic E-state index is 13.1. The first kappa shape index (κ1) is 27.3. The molecule has 1 saturated heterocycles. The fraction of sp³-hybridized carbons (Fsp3) is 0.414. The van der Waals surface area contributed by atoms with Gasteiger partial charge in [-0.05, 0) is 72.9 Å². The minimum Gasteiger partial charge on any atom is -0.473 e. The highest BCUT2D eigenvalue weighted by molar-refractivity contribution is 6.27. The first-order valence-corrected chi connectivity index (χ1v) is 13.0. The standard InChI is InChI=1S/C27H32FN3O.C2H2O4/c28-23-7-3-20(4-8-23)9-15-30-16-11-24(12-17-30)31-18-10-21-5-6-22(19-25(21)31)27(26(29)32)13-1-2-14-27;3-1(4)2(5)6/h3-8,10,18-19,24H,1-2,9,11-17H2,(H2,29,32);(H,3,4)(H,5,6). The third kappa shape index (κ3) is 6.05. The smallest absolute Gasteiger partial charge is 0.414 e. The summed E-state index contributed by atoms with van der Waals surface area (Å²) in [7, 11) is 0. The molecule has 38 heavy (non-hydrogen) atoms. The lowest BCUT2D eigenvalue weighted by Crippen LogP contribution is -2.38. The molecule has 2 heterocycles. The number of aromatic nitrogens is 1. The van der Waals surface area contributed by atoms with Gasteiger partial charge in [0.15, 0.2) is 0 Å². The van der Waals surface area contributed by atoms with Gasteiger partial charge in [0.2, 0.25) is 5.91 Å². The van der Waals surface area contributed by atoms with Gasteiger partial charge in [-0.25, -0.2) is 14.0 Å². The summed E-state index contributed by atoms with van der Waals surface area (Å²) >= 11 is 0. The van der Waals surface area contributed by atoms with Gasteiger partial charge in [-0.3, -0.25) is 4.79 Å². The van der Waals surface area contributed by atoms with E-state index in [0.29, 0.717) is 6.04 Å². The van der Waals surface area contributed by atoms with Crippen LogP contribution in [-0.2, 0) is 26.2 Å². The van der Waals surface area contributed by atoms with Gasteiger partial charge in [0, 0.05) is 37.4 Å². The average molecular weight is 524 g/mol. The molecule has 0 bridgehead atoms. The lowest BCUT2D eigenvalue weighted by Gasteiger charge is -2.33. The fourth-order valence-corrected chi connectivity index (χ4v) is 5.78. The number of halogens is 1. The third-order valence-corrected chi connectivity index (χ3v) is 7.97. The summed E-state index contributed by atoms with van der Waals surface area (Å²) in [6.45, 7) is 3.14. The first-order chi connectivity index (χ1) is 18.2. The Bertz CT molecular complexity index is 1280. The Morgan fingerprint density at radius 1 is 0.947 bits per heavy atom. The molecule has 0 unspecified atom stereocenters. The zero-order valence-electron chi connectivity index (χ0n) is 21.3. The summed E-state index contributed by atoms with van der Waals surface area (Å²) in [5.41, 5.74) is 8.89. The Labute approximate surface area is 220 Å². The van der Waals surface area contributed by atoms with E-state index in [1.165, 1.54) is 16.5 Å². The number of carbonyl (C=O) groups excluding carboxylic acids is 1. The van der Waals surface area contributed by atoms with E-state index in [1.807, 2.05) is 12.1 Å². The molecule has 2 fully saturated rings. The number of primary amides is 1. The van der Waals surface area contributed by atoms with Crippen molar-refractivity contribution in [3.63, 3.8) is 0 Å². The molecular weight excluding hydrogens is 489 g/mol. The molecule has 2 aromatic carbocycles. The molecule has 1 aliphatic heterocycles. The normalized spacial score (nSPS) is 17.6. The maximum Gasteiger partial charge on any atom is 0.414 e. The van der Waals surface area contributed by atoms with Gasteiger partial charge < -0.3 is 25.4 Å². The molecule has 1 aromatic heterocycles. The van der Waals surface area contributed by atoms with Gasteiger partial charge in [0.05, 0.1) is 5.41 Å². The summed E-state index contributed by atoms with van der Waals surface area (Å²) in [5.74, 6) is -4.00. The lowest BCUT2D eigenvalue weighted by atomic mass is 9.78. The van der Waals surface area contributed by atoms with Gasteiger partial charge >= 0.3 is 11.9 Å². The first-order valence-electron chi connectivity index (χ1n) is 13.0. The Hall–Kier alpha value is -3.72. The molecule has 3 aromatic rings. The molecule has 0 spiro atoms. The highest BCUT2D eigenvalue weighted by Crippen LogP contribution is 2.42. The van der Waals surface area contributed by atoms with Crippen molar-refractivity contribution in [2.24, 2.45) is 5.73 Å². The highest BCUT2D eigenvalue weighted by atomic mass is 19.1. The van der Waals surface area contributed by atoms with E-state index in [0.717, 1.165) is 70.1 Å². The van der Waals surface area contributed by atoms with E-state index in [2.05, 4.69) is 39.9 Å². The van der Waals surface area contributed by atoms with Crippen molar-refractivity contribution in [1.82, 2.24) is 9.47 Å². The van der Waals surface area contributed by atoms with Crippen molar-refractivity contribution >= 4 is 28.7 Å². The molecule has 8 nitrogen and oxygen atoms in total. The number of nitrogens with two attached hydrogens (primary N) is 1. The molecule has 1 saturated carbocycles. The quantitative estimate of drug-likeness (QED) is 0.418. The number of hydrogen-bond acceptors (Lipinski definition) is 4. The molecule has 1 amide bonds. The van der Waals surface area contributed by atoms with Crippen molar-refractivity contribution in [1.29, 1.82) is 0 Å². The van der Waals surface area contributed by atoms with Gasteiger partial charge in [-0.15, -0.1) is 0 Å². The van der Waals surface area contributed by atoms with Crippen molar-refractivity contribution in [3.05, 3.63) is 71.7 Å². The van der Waals surface area contributed by atoms with Gasteiger partial charge in [0.1, 0.15) is 5.82 Å². The Kier molecular flexibility index (Phi) is 8.46. The molecular formula is C29H34FN3O5. The fourth-order valence-electron chi connectivity index (χ4n) is 5.78. The van der Waals surface area contributed by atoms with Crippen molar-refractivity contribution in [2.45, 2.75) is 56.4 Å². The number of aliphatic carboxylic acids is 2. The SMILES string of the molecule is NC(=O)C1(c2ccc3ccn(C4CCN(CCc5ccc(F)cc5)CC4)c3c2)CCCC1.O=C(O)C(=O)O. The van der Waals surface area contributed by atoms with Crippen LogP contribution in [0.5, 0.6) is 0 Å². The van der Waals surface area contributed by atoms with E-state index < -0.39 is 17.4 Å². The summed E-state index contributed by atoms with van der Waals surface area (Å²) in [5, 5.41) is 16.0. The molecule has 0 radical (unpaired) electrons. The number of carboxylic acid groups (broad SMARTS) is 2. The second kappa shape index (κ2) is 11.8. The number of benzene rings is 2. The number of likely N-dealkylation sites (tertiary alicyclic amines) is 1. The van der Waals surface area contributed by atoms with Crippen LogP contribution in [-0.4, -0.2) is 57.2 Å². The van der Waals surface area contributed by atoms with E-state index in [-0.39, 0.29) is 11.7 Å². The second-order valence-electron chi connectivity index (χ2n) is 10.2. The van der Waals surface area contributed by atoms with Gasteiger partial charge in [-0.2, -0.15) is 0 Å². The molecule has 2 aliphatic rings. The topological polar surface area (TPSA) is 126 Å². The second-order valence-corrected chi connectivity index (χ2v) is 10.2. The number of piperidine rings is 1. The zero-order chi connectivity index (χ0) is 27.3. The predicted octanol–water partition coefficient (Wildman–Crippen LogP) is 4.11. The van der Waals surface area contributed by atoms with E-state index >= 15 is 0 Å². The van der Waals surface area contributed by atoms with Crippen molar-refractivity contribution in [3.8, 4) is 0 Å². The third-order valence-electron chi connectivity index (χ3n) is 7.97. The molecule has 1 aliphatic carbocycles. The largest absolute Gasteiger partial charge is 0.473 e. The monoisotopic (exact) mass is 523 g/mol. The summed E-state index contributed by atoms with van der Waals surface area (Å²) in [6, 6.07) is 16.0. The predicted molar refractivity (Wildman–Crippen MR) is 141 cm³/mol. The number of amides is 1. The lowest BCUT2D eigenvalue weighted by molar-refractivity contribution is -0.159. The van der Waals surface area contributed by atoms with E-state index in [1.54, 1.807) is 12.1 Å². The van der Waals surface area contributed by atoms with Crippen LogP contribution in [0.15, 0.2) is 54.7 Å². The van der Waals surface area contributed by atoms with Crippen LogP contribution in [0.2, 0.25) is 0 Å². The molecule has 4 N–H and O–H groups in total. The van der Waals surface area contributed by atoms with Gasteiger partial charge in [-0.1, -0.05) is 37.1 Å². The molecule has 5 rings (SSSR count). The minimum atomic E-state index is -1.82. The highest BCUT2D eigenvalue weighted by Gasteiger charge is 2.41. The summed E-state index contributed by atoms with van der Waals surface area (Å²) in [4.78, 5) is 33.1. The molecule has 0 atom stereocenters. The molecule has 9 heteroatoms. The van der Waals surface area contributed by atoms with Crippen molar-refractivity contribution < 1.29 is 29.0 Å². The number of rotatable bonds is 6. The zero-order valence-corrected chi connectivity index (χ0v) is 21.3. The Morgan fingerprint density at radius 2 is 1.58 bits per heavy atom. The number of carbonyl (C=O) groups is 3. The average Bonchev–Trinajstić information content (AvgIpc) is 3.57. The maximum atomic E-state index is 13.1. The van der Waals surface area contributed by atoms with Crippen LogP contribution in [0.1, 0.15) is 55.7 Å². The van der Waals surface area contributed by atoms with Gasteiger partial charge in [0.25, 0.3) is 0 Å². The summed E-state index contributed by atoms with van der Waals surface area (Å²) in [6.07, 6.45) is 9.24. The Balaban J connectivity index is 0.000000505. The van der Waals surface area contributed by atoms with Crippen LogP contribution >= 0.6 is 0 Å². The van der Waals surface area contributed by atoms with Crippen LogP contribution < -0.4 is 5.73 Å². The number of hydrogen-bond donors (Lipinski definition) is 3. The number of nitrogens with zero attached hydrogens (tertiary/aromatic N) is 2. The summed E-state index contributed by atoms with van der Waals surface area (Å²) < 4.78 is 15.5. The minimum absolute atomic E-state index is 0.175. The van der Waals surface area contributed by atoms with Crippen LogP contribution in [0, 0.1) is 5.82 Å². The Morgan fingerprint density at radius 3 is 2.16 bits per heavy atom. The number of carboxylic acids is 2. The molecule has 202 valence electrons. The van der Waals surface area contributed by atoms with E-state index in [9.17, 15) is 9.18 Å². The van der Waals surface area contributed by atoms with Crippen LogP contribution in [0.25, 0.3) is 10.9 Å². The van der Waals surface area contributed by atoms with E-state index in [4.69, 9.17) is 25.5 Å². The van der Waals surface area contributed by atoms with Crippen LogP contribution in [0.4, 0.5) is 4.39 Å². The number of fused-ring (bicyclic) bond motifs is 1.